The summed E-state index contributed by atoms with van der Waals surface area (Å²) >= 11 is 2.40. The molecule has 4 aromatic rings. The van der Waals surface area contributed by atoms with Gasteiger partial charge in [-0.2, -0.15) is 0 Å². The van der Waals surface area contributed by atoms with Gasteiger partial charge in [0.15, 0.2) is 15.8 Å². The summed E-state index contributed by atoms with van der Waals surface area (Å²) in [6, 6.07) is 12.4. The van der Waals surface area contributed by atoms with E-state index < -0.39 is 5.91 Å². The molecule has 0 bridgehead atoms. The summed E-state index contributed by atoms with van der Waals surface area (Å²) in [5, 5.41) is 17.4. The van der Waals surface area contributed by atoms with Crippen LogP contribution in [0.5, 0.6) is 0 Å². The maximum Gasteiger partial charge on any atom is 0.279 e. The van der Waals surface area contributed by atoms with E-state index in [1.807, 2.05) is 31.2 Å². The van der Waals surface area contributed by atoms with Gasteiger partial charge >= 0.3 is 0 Å². The molecule has 3 aromatic heterocycles. The summed E-state index contributed by atoms with van der Waals surface area (Å²) in [5.41, 5.74) is 1.89. The normalized spacial score (nSPS) is 10.7. The van der Waals surface area contributed by atoms with E-state index in [0.717, 1.165) is 22.6 Å². The lowest BCUT2D eigenvalue weighted by molar-refractivity contribution is -0.113. The van der Waals surface area contributed by atoms with E-state index >= 15 is 0 Å². The third-order valence-corrected chi connectivity index (χ3v) is 5.73. The zero-order valence-electron chi connectivity index (χ0n) is 15.6. The number of hydrogen-bond acceptors (Lipinski definition) is 9. The summed E-state index contributed by atoms with van der Waals surface area (Å²) in [7, 11) is 0. The van der Waals surface area contributed by atoms with Crippen LogP contribution in [0.3, 0.4) is 0 Å². The molecule has 11 heteroatoms. The van der Waals surface area contributed by atoms with Crippen LogP contribution in [0.25, 0.3) is 11.5 Å². The van der Waals surface area contributed by atoms with Crippen LogP contribution in [0.15, 0.2) is 62.0 Å². The Morgan fingerprint density at radius 1 is 1.10 bits per heavy atom. The summed E-state index contributed by atoms with van der Waals surface area (Å²) in [6.45, 7) is 1.96. The molecule has 4 rings (SSSR count). The van der Waals surface area contributed by atoms with Crippen molar-refractivity contribution >= 4 is 45.7 Å². The van der Waals surface area contributed by atoms with E-state index in [-0.39, 0.29) is 17.4 Å². The van der Waals surface area contributed by atoms with Crippen molar-refractivity contribution in [3.05, 3.63) is 60.0 Å². The first kappa shape index (κ1) is 19.9. The van der Waals surface area contributed by atoms with Crippen molar-refractivity contribution in [2.24, 2.45) is 0 Å². The van der Waals surface area contributed by atoms with Crippen LogP contribution in [0, 0.1) is 6.92 Å². The zero-order valence-corrected chi connectivity index (χ0v) is 17.3. The largest absolute Gasteiger partial charge is 0.461 e. The van der Waals surface area contributed by atoms with Crippen molar-refractivity contribution in [3.63, 3.8) is 0 Å². The summed E-state index contributed by atoms with van der Waals surface area (Å²) < 4.78 is 10.9. The molecule has 2 N–H and O–H groups in total. The number of hydrogen-bond donors (Lipinski definition) is 2. The fourth-order valence-electron chi connectivity index (χ4n) is 2.44. The lowest BCUT2D eigenvalue weighted by Crippen LogP contribution is -2.13. The minimum absolute atomic E-state index is 0.0864. The maximum atomic E-state index is 12.3. The Balaban J connectivity index is 1.29. The molecule has 9 nitrogen and oxygen atoms in total. The number of furan rings is 1. The number of aryl methyl sites for hydroxylation is 1. The summed E-state index contributed by atoms with van der Waals surface area (Å²) in [4.78, 5) is 24.4. The number of nitrogens with one attached hydrogen (secondary N) is 2. The Kier molecular flexibility index (Phi) is 5.91. The number of nitrogens with zero attached hydrogens (tertiary/aromatic N) is 3. The Morgan fingerprint density at radius 2 is 2.00 bits per heavy atom. The summed E-state index contributed by atoms with van der Waals surface area (Å²) in [6.07, 6.45) is 1.50. The number of benzene rings is 1. The highest BCUT2D eigenvalue weighted by Crippen LogP contribution is 2.26. The maximum absolute atomic E-state index is 12.3. The number of rotatable bonds is 7. The molecule has 0 aliphatic heterocycles. The third-order valence-electron chi connectivity index (χ3n) is 3.76. The standard InChI is InChI=1S/C19H15N5O4S2/c1-11-4-2-5-12(8-11)20-16(25)10-29-19-23-22-18(30-19)21-17(26)13-9-15(28-24-13)14-6-3-7-27-14/h2-9H,10H2,1H3,(H,20,25)(H,21,22,26). The van der Waals surface area contributed by atoms with E-state index in [1.54, 1.807) is 12.1 Å². The fraction of sp³-hybridized carbons (Fsp3) is 0.105. The highest BCUT2D eigenvalue weighted by molar-refractivity contribution is 8.01. The highest BCUT2D eigenvalue weighted by atomic mass is 32.2. The van der Waals surface area contributed by atoms with Crippen molar-refractivity contribution in [3.8, 4) is 11.5 Å². The first-order valence-electron chi connectivity index (χ1n) is 8.71. The summed E-state index contributed by atoms with van der Waals surface area (Å²) in [5.74, 6) is 0.353. The van der Waals surface area contributed by atoms with Gasteiger partial charge < -0.3 is 14.3 Å². The lowest BCUT2D eigenvalue weighted by Gasteiger charge is -2.04. The van der Waals surface area contributed by atoms with Crippen LogP contribution in [0.1, 0.15) is 16.1 Å². The molecule has 0 spiro atoms. The van der Waals surface area contributed by atoms with Crippen LogP contribution in [-0.2, 0) is 4.79 Å². The number of aromatic nitrogens is 3. The molecule has 30 heavy (non-hydrogen) atoms. The number of anilines is 2. The van der Waals surface area contributed by atoms with Gasteiger partial charge in [-0.15, -0.1) is 10.2 Å². The molecule has 152 valence electrons. The van der Waals surface area contributed by atoms with E-state index in [4.69, 9.17) is 8.94 Å². The number of carbonyl (C=O) groups is 2. The third kappa shape index (κ3) is 4.93. The Labute approximate surface area is 178 Å². The average Bonchev–Trinajstić information content (AvgIpc) is 3.47. The van der Waals surface area contributed by atoms with E-state index in [9.17, 15) is 9.59 Å². The molecule has 1 aromatic carbocycles. The molecule has 0 radical (unpaired) electrons. The average molecular weight is 441 g/mol. The van der Waals surface area contributed by atoms with Crippen LogP contribution >= 0.6 is 23.1 Å². The molecule has 3 heterocycles. The quantitative estimate of drug-likeness (QED) is 0.325. The van der Waals surface area contributed by atoms with Gasteiger partial charge in [-0.25, -0.2) is 0 Å². The van der Waals surface area contributed by atoms with Crippen LogP contribution in [0.4, 0.5) is 10.8 Å². The monoisotopic (exact) mass is 441 g/mol. The second kappa shape index (κ2) is 8.93. The van der Waals surface area contributed by atoms with E-state index in [1.165, 1.54) is 24.1 Å². The Morgan fingerprint density at radius 3 is 2.80 bits per heavy atom. The Bertz CT molecular complexity index is 1170. The van der Waals surface area contributed by atoms with Crippen molar-refractivity contribution < 1.29 is 18.5 Å². The Hall–Kier alpha value is -3.44. The predicted octanol–water partition coefficient (Wildman–Crippen LogP) is 4.08. The number of carbonyl (C=O) groups excluding carboxylic acids is 2. The van der Waals surface area contributed by atoms with Gasteiger partial charge in [-0.1, -0.05) is 40.4 Å². The van der Waals surface area contributed by atoms with Gasteiger partial charge in [0.25, 0.3) is 5.91 Å². The van der Waals surface area contributed by atoms with Gasteiger partial charge in [0, 0.05) is 11.8 Å². The van der Waals surface area contributed by atoms with Crippen LogP contribution < -0.4 is 10.6 Å². The number of thioether (sulfide) groups is 1. The molecule has 0 saturated carbocycles. The lowest BCUT2D eigenvalue weighted by atomic mass is 10.2. The first-order chi connectivity index (χ1) is 14.6. The molecule has 0 aliphatic rings. The highest BCUT2D eigenvalue weighted by Gasteiger charge is 2.17. The predicted molar refractivity (Wildman–Crippen MR) is 113 cm³/mol. The second-order valence-corrected chi connectivity index (χ2v) is 8.29. The molecule has 0 aliphatic carbocycles. The van der Waals surface area contributed by atoms with Crippen molar-refractivity contribution in [1.29, 1.82) is 0 Å². The fourth-order valence-corrected chi connectivity index (χ4v) is 3.99. The first-order valence-corrected chi connectivity index (χ1v) is 10.5. The molecule has 0 atom stereocenters. The molecule has 0 unspecified atom stereocenters. The van der Waals surface area contributed by atoms with Gasteiger partial charge in [-0.05, 0) is 36.8 Å². The molecule has 0 fully saturated rings. The zero-order chi connectivity index (χ0) is 20.9. The van der Waals surface area contributed by atoms with Gasteiger partial charge in [0.2, 0.25) is 16.8 Å². The van der Waals surface area contributed by atoms with Crippen molar-refractivity contribution in [1.82, 2.24) is 15.4 Å². The minimum atomic E-state index is -0.485. The SMILES string of the molecule is Cc1cccc(NC(=O)CSc2nnc(NC(=O)c3cc(-c4ccco4)on3)s2)c1. The van der Waals surface area contributed by atoms with Gasteiger partial charge in [0.05, 0.1) is 12.0 Å². The molecule has 0 saturated heterocycles. The van der Waals surface area contributed by atoms with Crippen LogP contribution in [0.2, 0.25) is 0 Å². The van der Waals surface area contributed by atoms with Gasteiger partial charge in [0.1, 0.15) is 0 Å². The second-order valence-electron chi connectivity index (χ2n) is 6.09. The smallest absolute Gasteiger partial charge is 0.279 e. The molecular weight excluding hydrogens is 426 g/mol. The van der Waals surface area contributed by atoms with Crippen molar-refractivity contribution in [2.75, 3.05) is 16.4 Å². The van der Waals surface area contributed by atoms with E-state index in [2.05, 4.69) is 26.0 Å². The minimum Gasteiger partial charge on any atom is -0.461 e. The van der Waals surface area contributed by atoms with Crippen molar-refractivity contribution in [2.45, 2.75) is 11.3 Å². The molecule has 2 amide bonds. The van der Waals surface area contributed by atoms with Gasteiger partial charge in [-0.3, -0.25) is 14.9 Å². The van der Waals surface area contributed by atoms with Crippen LogP contribution in [-0.4, -0.2) is 32.9 Å². The number of amides is 2. The molecular formula is C19H15N5O4S2. The van der Waals surface area contributed by atoms with E-state index in [0.29, 0.717) is 21.0 Å². The topological polar surface area (TPSA) is 123 Å².